The lowest BCUT2D eigenvalue weighted by atomic mass is 10.0. The van der Waals surface area contributed by atoms with Gasteiger partial charge in [0.1, 0.15) is 0 Å². The molecule has 2 heterocycles. The van der Waals surface area contributed by atoms with Crippen LogP contribution in [0.25, 0.3) is 0 Å². The quantitative estimate of drug-likeness (QED) is 0.781. The highest BCUT2D eigenvalue weighted by molar-refractivity contribution is 8.02. The summed E-state index contributed by atoms with van der Waals surface area (Å²) < 4.78 is 0. The van der Waals surface area contributed by atoms with E-state index in [1.165, 1.54) is 0 Å². The van der Waals surface area contributed by atoms with Crippen molar-refractivity contribution in [3.8, 4) is 0 Å². The first-order chi connectivity index (χ1) is 13.9. The number of rotatable bonds is 2. The van der Waals surface area contributed by atoms with E-state index in [9.17, 15) is 9.59 Å². The number of nitrogens with zero attached hydrogens (tertiary/aromatic N) is 2. The Bertz CT molecular complexity index is 931. The summed E-state index contributed by atoms with van der Waals surface area (Å²) >= 11 is 1.72. The number of benzene rings is 2. The third-order valence-corrected chi connectivity index (χ3v) is 7.45. The molecule has 4 rings (SSSR count). The van der Waals surface area contributed by atoms with Crippen LogP contribution in [0.3, 0.4) is 0 Å². The van der Waals surface area contributed by atoms with Crippen LogP contribution in [0.2, 0.25) is 0 Å². The third-order valence-electron chi connectivity index (χ3n) is 5.93. The van der Waals surface area contributed by atoms with Gasteiger partial charge in [-0.05, 0) is 62.4 Å². The number of carbonyl (C=O) groups is 2. The molecular weight excluding hydrogens is 382 g/mol. The van der Waals surface area contributed by atoms with Gasteiger partial charge in [-0.3, -0.25) is 9.69 Å². The van der Waals surface area contributed by atoms with Crippen molar-refractivity contribution in [1.29, 1.82) is 0 Å². The van der Waals surface area contributed by atoms with Crippen molar-refractivity contribution >= 4 is 35.1 Å². The maximum atomic E-state index is 12.9. The number of urea groups is 1. The van der Waals surface area contributed by atoms with Gasteiger partial charge in [0.25, 0.3) is 0 Å². The number of para-hydroxylation sites is 1. The molecule has 0 bridgehead atoms. The fourth-order valence-electron chi connectivity index (χ4n) is 4.32. The fourth-order valence-corrected chi connectivity index (χ4v) is 5.65. The van der Waals surface area contributed by atoms with Crippen LogP contribution in [-0.4, -0.2) is 40.6 Å². The summed E-state index contributed by atoms with van der Waals surface area (Å²) in [4.78, 5) is 29.2. The minimum absolute atomic E-state index is 0.0614. The monoisotopic (exact) mass is 409 g/mol. The van der Waals surface area contributed by atoms with E-state index in [4.69, 9.17) is 0 Å². The van der Waals surface area contributed by atoms with Crippen molar-refractivity contribution in [2.24, 2.45) is 0 Å². The zero-order valence-corrected chi connectivity index (χ0v) is 18.0. The van der Waals surface area contributed by atoms with Crippen LogP contribution in [0, 0.1) is 20.8 Å². The van der Waals surface area contributed by atoms with Crippen LogP contribution in [0.1, 0.15) is 29.5 Å². The van der Waals surface area contributed by atoms with Crippen LogP contribution < -0.4 is 10.2 Å². The number of likely N-dealkylation sites (tertiary alicyclic amines) is 1. The van der Waals surface area contributed by atoms with Gasteiger partial charge in [-0.15, -0.1) is 11.8 Å². The maximum Gasteiger partial charge on any atom is 0.321 e. The lowest BCUT2D eigenvalue weighted by Gasteiger charge is -2.44. The van der Waals surface area contributed by atoms with Gasteiger partial charge in [-0.2, -0.15) is 0 Å². The average Bonchev–Trinajstić information content (AvgIpc) is 3.01. The number of aryl methyl sites for hydroxylation is 3. The van der Waals surface area contributed by atoms with Crippen LogP contribution >= 0.6 is 11.8 Å². The first-order valence-corrected chi connectivity index (χ1v) is 11.0. The lowest BCUT2D eigenvalue weighted by molar-refractivity contribution is -0.116. The molecule has 5 nitrogen and oxygen atoms in total. The standard InChI is InChI=1S/C23H27N3O2S/c1-16-6-4-9-19(14-16)26-20(27)15-29-23(26)10-12-25(13-11-23)22(28)24-21-17(2)7-5-8-18(21)3/h4-9,14H,10-13,15H2,1-3H3,(H,24,28). The van der Waals surface area contributed by atoms with Crippen molar-refractivity contribution < 1.29 is 9.59 Å². The highest BCUT2D eigenvalue weighted by atomic mass is 32.2. The molecule has 2 saturated heterocycles. The van der Waals surface area contributed by atoms with Crippen LogP contribution in [0.4, 0.5) is 16.2 Å². The second-order valence-electron chi connectivity index (χ2n) is 7.99. The van der Waals surface area contributed by atoms with Gasteiger partial charge in [-0.1, -0.05) is 30.3 Å². The molecule has 3 amide bonds. The lowest BCUT2D eigenvalue weighted by Crippen LogP contribution is -2.53. The van der Waals surface area contributed by atoms with E-state index < -0.39 is 0 Å². The Hall–Kier alpha value is -2.47. The van der Waals surface area contributed by atoms with Crippen molar-refractivity contribution in [3.05, 3.63) is 59.2 Å². The summed E-state index contributed by atoms with van der Waals surface area (Å²) in [6.45, 7) is 7.34. The van der Waals surface area contributed by atoms with Gasteiger partial charge in [0.15, 0.2) is 0 Å². The molecule has 152 valence electrons. The minimum Gasteiger partial charge on any atom is -0.324 e. The molecule has 1 N–H and O–H groups in total. The Labute approximate surface area is 176 Å². The van der Waals surface area contributed by atoms with Gasteiger partial charge >= 0.3 is 6.03 Å². The van der Waals surface area contributed by atoms with Gasteiger partial charge in [0.05, 0.1) is 10.6 Å². The summed E-state index contributed by atoms with van der Waals surface area (Å²) in [5, 5.41) is 3.09. The molecule has 2 aliphatic rings. The predicted octanol–water partition coefficient (Wildman–Crippen LogP) is 4.72. The molecule has 0 saturated carbocycles. The summed E-state index contributed by atoms with van der Waals surface area (Å²) in [7, 11) is 0. The Morgan fingerprint density at radius 2 is 1.69 bits per heavy atom. The van der Waals surface area contributed by atoms with Gasteiger partial charge in [0.2, 0.25) is 5.91 Å². The second kappa shape index (κ2) is 7.75. The maximum absolute atomic E-state index is 12.9. The molecule has 0 aliphatic carbocycles. The summed E-state index contributed by atoms with van der Waals surface area (Å²) in [6, 6.07) is 14.1. The molecule has 0 radical (unpaired) electrons. The number of hydrogen-bond acceptors (Lipinski definition) is 3. The SMILES string of the molecule is Cc1cccc(N2C(=O)CSC23CCN(C(=O)Nc2c(C)cccc2C)CC3)c1. The smallest absolute Gasteiger partial charge is 0.321 e. The Kier molecular flexibility index (Phi) is 5.30. The van der Waals surface area contributed by atoms with Gasteiger partial charge < -0.3 is 10.2 Å². The number of nitrogens with one attached hydrogen (secondary N) is 1. The predicted molar refractivity (Wildman–Crippen MR) is 120 cm³/mol. The molecule has 29 heavy (non-hydrogen) atoms. The average molecular weight is 410 g/mol. The molecule has 0 aromatic heterocycles. The molecular formula is C23H27N3O2S. The van der Waals surface area contributed by atoms with E-state index in [-0.39, 0.29) is 16.8 Å². The van der Waals surface area contributed by atoms with E-state index in [0.29, 0.717) is 18.8 Å². The van der Waals surface area contributed by atoms with Crippen LogP contribution in [0.15, 0.2) is 42.5 Å². The largest absolute Gasteiger partial charge is 0.324 e. The minimum atomic E-state index is -0.250. The normalized spacial score (nSPS) is 18.4. The highest BCUT2D eigenvalue weighted by Gasteiger charge is 2.49. The van der Waals surface area contributed by atoms with E-state index in [1.54, 1.807) is 11.8 Å². The number of hydrogen-bond donors (Lipinski definition) is 1. The van der Waals surface area contributed by atoms with Crippen molar-refractivity contribution in [2.75, 3.05) is 29.1 Å². The molecule has 2 aromatic carbocycles. The molecule has 0 unspecified atom stereocenters. The van der Waals surface area contributed by atoms with E-state index in [1.807, 2.05) is 67.0 Å². The van der Waals surface area contributed by atoms with E-state index in [0.717, 1.165) is 40.9 Å². The van der Waals surface area contributed by atoms with E-state index >= 15 is 0 Å². The third kappa shape index (κ3) is 3.73. The molecule has 2 aromatic rings. The van der Waals surface area contributed by atoms with Gasteiger partial charge in [0, 0.05) is 24.5 Å². The highest BCUT2D eigenvalue weighted by Crippen LogP contribution is 2.46. The number of piperidine rings is 1. The number of carbonyl (C=O) groups excluding carboxylic acids is 2. The number of thioether (sulfide) groups is 1. The zero-order chi connectivity index (χ0) is 20.6. The van der Waals surface area contributed by atoms with Crippen molar-refractivity contribution in [3.63, 3.8) is 0 Å². The zero-order valence-electron chi connectivity index (χ0n) is 17.2. The Morgan fingerprint density at radius 3 is 2.34 bits per heavy atom. The fraction of sp³-hybridized carbons (Fsp3) is 0.391. The first kappa shape index (κ1) is 19.8. The number of anilines is 2. The summed E-state index contributed by atoms with van der Waals surface area (Å²) in [5.74, 6) is 0.664. The van der Waals surface area contributed by atoms with Crippen molar-refractivity contribution in [1.82, 2.24) is 4.90 Å². The van der Waals surface area contributed by atoms with Crippen molar-refractivity contribution in [2.45, 2.75) is 38.5 Å². The molecule has 6 heteroatoms. The summed E-state index contributed by atoms with van der Waals surface area (Å²) in [5.41, 5.74) is 5.13. The molecule has 1 spiro atoms. The Balaban J connectivity index is 1.48. The van der Waals surface area contributed by atoms with E-state index in [2.05, 4.69) is 11.4 Å². The molecule has 2 fully saturated rings. The van der Waals surface area contributed by atoms with Crippen LogP contribution in [0.5, 0.6) is 0 Å². The summed E-state index contributed by atoms with van der Waals surface area (Å²) in [6.07, 6.45) is 1.55. The second-order valence-corrected chi connectivity index (χ2v) is 9.32. The van der Waals surface area contributed by atoms with Crippen LogP contribution in [-0.2, 0) is 4.79 Å². The molecule has 0 atom stereocenters. The number of amides is 3. The Morgan fingerprint density at radius 1 is 1.03 bits per heavy atom. The first-order valence-electron chi connectivity index (χ1n) is 10.1. The molecule has 2 aliphatic heterocycles. The topological polar surface area (TPSA) is 52.7 Å². The van der Waals surface area contributed by atoms with Gasteiger partial charge in [-0.25, -0.2) is 4.79 Å².